The molecule has 146 valence electrons. The van der Waals surface area contributed by atoms with Gasteiger partial charge in [0.15, 0.2) is 0 Å². The number of fused-ring (bicyclic) bond motifs is 2. The summed E-state index contributed by atoms with van der Waals surface area (Å²) in [5.74, 6) is -0.603. The maximum absolute atomic E-state index is 12.4. The van der Waals surface area contributed by atoms with Gasteiger partial charge in [0, 0.05) is 26.6 Å². The van der Waals surface area contributed by atoms with Crippen LogP contribution in [0.15, 0.2) is 0 Å². The van der Waals surface area contributed by atoms with Crippen LogP contribution in [0.2, 0.25) is 0 Å². The maximum atomic E-state index is 12.4. The average Bonchev–Trinajstić information content (AvgIpc) is 3.12. The van der Waals surface area contributed by atoms with Gasteiger partial charge in [-0.1, -0.05) is 0 Å². The van der Waals surface area contributed by atoms with E-state index < -0.39 is 34.4 Å². The van der Waals surface area contributed by atoms with E-state index in [1.165, 1.54) is 11.8 Å². The Labute approximate surface area is 149 Å². The first-order valence-corrected chi connectivity index (χ1v) is 9.50. The lowest BCUT2D eigenvalue weighted by Crippen LogP contribution is -2.50. The van der Waals surface area contributed by atoms with Crippen LogP contribution in [0.5, 0.6) is 0 Å². The van der Waals surface area contributed by atoms with Gasteiger partial charge < -0.3 is 9.80 Å². The molecule has 3 aliphatic rings. The third-order valence-electron chi connectivity index (χ3n) is 4.72. The molecule has 3 saturated heterocycles. The van der Waals surface area contributed by atoms with Crippen molar-refractivity contribution < 1.29 is 36.5 Å². The molecule has 12 nitrogen and oxygen atoms in total. The van der Waals surface area contributed by atoms with Crippen molar-refractivity contribution in [2.75, 3.05) is 19.6 Å². The Morgan fingerprint density at radius 1 is 1.23 bits per heavy atom. The van der Waals surface area contributed by atoms with Gasteiger partial charge in [0.2, 0.25) is 5.91 Å². The Kier molecular flexibility index (Phi) is 5.05. The van der Waals surface area contributed by atoms with Gasteiger partial charge in [0.1, 0.15) is 12.1 Å². The number of urea groups is 1. The Balaban J connectivity index is 1.55. The second-order valence-corrected chi connectivity index (χ2v) is 7.47. The number of nitrogens with zero attached hydrogens (tertiary/aromatic N) is 3. The summed E-state index contributed by atoms with van der Waals surface area (Å²) in [7, 11) is -4.83. The van der Waals surface area contributed by atoms with Gasteiger partial charge in [-0.2, -0.15) is 13.5 Å². The van der Waals surface area contributed by atoms with Crippen LogP contribution >= 0.6 is 0 Å². The van der Waals surface area contributed by atoms with Crippen molar-refractivity contribution in [2.24, 2.45) is 0 Å². The number of carbonyl (C=O) groups excluding carboxylic acids is 3. The number of hydrogen-bond acceptors (Lipinski definition) is 7. The Morgan fingerprint density at radius 2 is 1.96 bits per heavy atom. The minimum atomic E-state index is -4.83. The van der Waals surface area contributed by atoms with Crippen molar-refractivity contribution in [1.29, 1.82) is 0 Å². The third-order valence-corrected chi connectivity index (χ3v) is 5.07. The standard InChI is InChI=1S/C13H20N4O8S/c1-8(18)15-5-4-10(7-15)24-14-12(19)11-3-2-9-6-16(11)13(20)17(9)25-26(21,22)23/h9-11H,2-7H2,1H3,(H,14,19)(H,21,22,23)/t9-,10?,11+/m1/s1. The second-order valence-electron chi connectivity index (χ2n) is 6.47. The van der Waals surface area contributed by atoms with E-state index in [-0.39, 0.29) is 18.6 Å². The minimum absolute atomic E-state index is 0.0673. The number of amides is 4. The molecule has 3 aliphatic heterocycles. The molecular weight excluding hydrogens is 372 g/mol. The van der Waals surface area contributed by atoms with Crippen LogP contribution in [0.1, 0.15) is 26.2 Å². The molecule has 2 bridgehead atoms. The van der Waals surface area contributed by atoms with Gasteiger partial charge in [-0.15, -0.1) is 4.28 Å². The topological polar surface area (TPSA) is 146 Å². The van der Waals surface area contributed by atoms with Gasteiger partial charge in [-0.05, 0) is 19.3 Å². The van der Waals surface area contributed by atoms with Gasteiger partial charge in [-0.25, -0.2) is 10.3 Å². The third kappa shape index (κ3) is 3.90. The minimum Gasteiger partial charge on any atom is -0.340 e. The largest absolute Gasteiger partial charge is 0.418 e. The zero-order valence-corrected chi connectivity index (χ0v) is 14.8. The Bertz CT molecular complexity index is 713. The number of carbonyl (C=O) groups is 3. The van der Waals surface area contributed by atoms with Crippen LogP contribution in [0.3, 0.4) is 0 Å². The van der Waals surface area contributed by atoms with E-state index in [1.54, 1.807) is 4.90 Å². The van der Waals surface area contributed by atoms with E-state index in [4.69, 9.17) is 9.39 Å². The summed E-state index contributed by atoms with van der Waals surface area (Å²) in [5.41, 5.74) is 2.32. The molecule has 0 aromatic heterocycles. The van der Waals surface area contributed by atoms with Gasteiger partial charge in [-0.3, -0.25) is 19.0 Å². The van der Waals surface area contributed by atoms with Crippen LogP contribution in [-0.2, 0) is 29.1 Å². The molecule has 3 rings (SSSR count). The number of rotatable bonds is 5. The quantitative estimate of drug-likeness (QED) is 0.432. The zero-order chi connectivity index (χ0) is 19.1. The summed E-state index contributed by atoms with van der Waals surface area (Å²) >= 11 is 0. The molecule has 0 spiro atoms. The lowest BCUT2D eigenvalue weighted by atomic mass is 10.0. The predicted molar refractivity (Wildman–Crippen MR) is 83.3 cm³/mol. The lowest BCUT2D eigenvalue weighted by molar-refractivity contribution is -0.143. The van der Waals surface area contributed by atoms with E-state index in [0.29, 0.717) is 37.4 Å². The summed E-state index contributed by atoms with van der Waals surface area (Å²) < 4.78 is 34.8. The summed E-state index contributed by atoms with van der Waals surface area (Å²) in [6.45, 7) is 2.49. The SMILES string of the molecule is CC(=O)N1CCC(ONC(=O)[C@@H]2CC[C@@H]3CN2C(=O)N3OS(=O)(=O)O)C1. The van der Waals surface area contributed by atoms with Crippen LogP contribution in [0.25, 0.3) is 0 Å². The van der Waals surface area contributed by atoms with Crippen molar-refractivity contribution in [2.45, 2.75) is 44.4 Å². The molecule has 3 fully saturated rings. The Morgan fingerprint density at radius 3 is 2.58 bits per heavy atom. The molecule has 26 heavy (non-hydrogen) atoms. The predicted octanol–water partition coefficient (Wildman–Crippen LogP) is -1.34. The fourth-order valence-corrected chi connectivity index (χ4v) is 3.81. The highest BCUT2D eigenvalue weighted by Crippen LogP contribution is 2.30. The fraction of sp³-hybridized carbons (Fsp3) is 0.769. The molecule has 0 aromatic carbocycles. The maximum Gasteiger partial charge on any atom is 0.418 e. The summed E-state index contributed by atoms with van der Waals surface area (Å²) in [6.07, 6.45) is 0.886. The van der Waals surface area contributed by atoms with E-state index in [0.717, 1.165) is 0 Å². The molecule has 0 aliphatic carbocycles. The molecule has 3 atom stereocenters. The lowest BCUT2D eigenvalue weighted by Gasteiger charge is -2.29. The summed E-state index contributed by atoms with van der Waals surface area (Å²) in [4.78, 5) is 44.0. The van der Waals surface area contributed by atoms with Gasteiger partial charge >= 0.3 is 16.4 Å². The summed E-state index contributed by atoms with van der Waals surface area (Å²) in [6, 6.07) is -2.21. The van der Waals surface area contributed by atoms with Gasteiger partial charge in [0.25, 0.3) is 5.91 Å². The molecule has 1 unspecified atom stereocenters. The highest BCUT2D eigenvalue weighted by Gasteiger charge is 2.49. The first-order chi connectivity index (χ1) is 12.2. The number of piperidine rings is 1. The van der Waals surface area contributed by atoms with Crippen molar-refractivity contribution >= 4 is 28.2 Å². The molecule has 0 aromatic rings. The monoisotopic (exact) mass is 392 g/mol. The van der Waals surface area contributed by atoms with Crippen LogP contribution in [0.4, 0.5) is 4.79 Å². The molecule has 3 heterocycles. The van der Waals surface area contributed by atoms with Crippen LogP contribution < -0.4 is 5.48 Å². The van der Waals surface area contributed by atoms with E-state index >= 15 is 0 Å². The molecule has 4 amide bonds. The molecule has 2 N–H and O–H groups in total. The molecule has 0 radical (unpaired) electrons. The number of hydrogen-bond donors (Lipinski definition) is 2. The van der Waals surface area contributed by atoms with Crippen molar-refractivity contribution in [3.05, 3.63) is 0 Å². The second kappa shape index (κ2) is 6.98. The summed E-state index contributed by atoms with van der Waals surface area (Å²) in [5, 5.41) is 0.575. The van der Waals surface area contributed by atoms with Crippen molar-refractivity contribution in [1.82, 2.24) is 20.3 Å². The first kappa shape index (κ1) is 18.8. The molecule has 13 heteroatoms. The average molecular weight is 392 g/mol. The molecule has 0 saturated carbocycles. The highest BCUT2D eigenvalue weighted by molar-refractivity contribution is 7.80. The van der Waals surface area contributed by atoms with Crippen molar-refractivity contribution in [3.8, 4) is 0 Å². The smallest absolute Gasteiger partial charge is 0.340 e. The van der Waals surface area contributed by atoms with E-state index in [2.05, 4.69) is 9.76 Å². The zero-order valence-electron chi connectivity index (χ0n) is 14.0. The first-order valence-electron chi connectivity index (χ1n) is 8.13. The number of hydroxylamine groups is 3. The number of nitrogens with one attached hydrogen (secondary N) is 1. The van der Waals surface area contributed by atoms with Gasteiger partial charge in [0.05, 0.1) is 6.04 Å². The van der Waals surface area contributed by atoms with Crippen LogP contribution in [0, 0.1) is 0 Å². The van der Waals surface area contributed by atoms with E-state index in [9.17, 15) is 22.8 Å². The van der Waals surface area contributed by atoms with Crippen molar-refractivity contribution in [3.63, 3.8) is 0 Å². The van der Waals surface area contributed by atoms with E-state index in [1.807, 2.05) is 0 Å². The Hall–Kier alpha value is -1.96. The normalized spacial score (nSPS) is 28.6. The fourth-order valence-electron chi connectivity index (χ4n) is 3.42. The van der Waals surface area contributed by atoms with Crippen LogP contribution in [-0.4, -0.2) is 83.5 Å². The molecular formula is C13H20N4O8S. The number of likely N-dealkylation sites (tertiary alicyclic amines) is 1. The highest BCUT2D eigenvalue weighted by atomic mass is 32.3.